The molecule has 0 radical (unpaired) electrons. The molecule has 0 saturated carbocycles. The van der Waals surface area contributed by atoms with Crippen molar-refractivity contribution in [3.05, 3.63) is 22.2 Å². The van der Waals surface area contributed by atoms with E-state index in [2.05, 4.69) is 15.9 Å². The second kappa shape index (κ2) is 5.98. The molecule has 0 spiro atoms. The number of hydrogen-bond donors (Lipinski definition) is 1. The SMILES string of the molecule is COc1cc(Br)c(CCCO)cc1OC. The van der Waals surface area contributed by atoms with Gasteiger partial charge in [0.25, 0.3) is 0 Å². The van der Waals surface area contributed by atoms with Crippen LogP contribution in [0.3, 0.4) is 0 Å². The highest BCUT2D eigenvalue weighted by Gasteiger charge is 2.08. The van der Waals surface area contributed by atoms with Gasteiger partial charge in [-0.1, -0.05) is 15.9 Å². The number of halogens is 1. The summed E-state index contributed by atoms with van der Waals surface area (Å²) >= 11 is 3.46. The number of rotatable bonds is 5. The molecule has 0 heterocycles. The number of aliphatic hydroxyl groups is 1. The number of aliphatic hydroxyl groups excluding tert-OH is 1. The number of hydrogen-bond acceptors (Lipinski definition) is 3. The van der Waals surface area contributed by atoms with Gasteiger partial charge in [-0.15, -0.1) is 0 Å². The molecule has 0 fully saturated rings. The van der Waals surface area contributed by atoms with Crippen molar-refractivity contribution in [2.24, 2.45) is 0 Å². The van der Waals surface area contributed by atoms with Crippen LogP contribution in [0.25, 0.3) is 0 Å². The van der Waals surface area contributed by atoms with Gasteiger partial charge in [-0.3, -0.25) is 0 Å². The number of aryl methyl sites for hydroxylation is 1. The van der Waals surface area contributed by atoms with Gasteiger partial charge in [-0.25, -0.2) is 0 Å². The molecule has 1 aromatic rings. The fraction of sp³-hybridized carbons (Fsp3) is 0.455. The fourth-order valence-electron chi connectivity index (χ4n) is 1.36. The molecule has 0 aliphatic carbocycles. The summed E-state index contributed by atoms with van der Waals surface area (Å²) in [5, 5.41) is 8.77. The van der Waals surface area contributed by atoms with E-state index in [9.17, 15) is 0 Å². The predicted octanol–water partition coefficient (Wildman–Crippen LogP) is 2.39. The highest BCUT2D eigenvalue weighted by molar-refractivity contribution is 9.10. The highest BCUT2D eigenvalue weighted by atomic mass is 79.9. The van der Waals surface area contributed by atoms with Crippen molar-refractivity contribution in [1.29, 1.82) is 0 Å². The zero-order chi connectivity index (χ0) is 11.3. The van der Waals surface area contributed by atoms with Crippen molar-refractivity contribution in [3.63, 3.8) is 0 Å². The van der Waals surface area contributed by atoms with Crippen molar-refractivity contribution in [2.75, 3.05) is 20.8 Å². The van der Waals surface area contributed by atoms with Gasteiger partial charge in [-0.05, 0) is 30.5 Å². The molecule has 4 heteroatoms. The van der Waals surface area contributed by atoms with Crippen molar-refractivity contribution in [3.8, 4) is 11.5 Å². The molecule has 0 saturated heterocycles. The van der Waals surface area contributed by atoms with E-state index in [4.69, 9.17) is 14.6 Å². The Morgan fingerprint density at radius 1 is 1.20 bits per heavy atom. The molecule has 1 rings (SSSR count). The van der Waals surface area contributed by atoms with E-state index in [1.54, 1.807) is 14.2 Å². The van der Waals surface area contributed by atoms with Crippen LogP contribution in [0.4, 0.5) is 0 Å². The Morgan fingerprint density at radius 3 is 2.33 bits per heavy atom. The Morgan fingerprint density at radius 2 is 1.80 bits per heavy atom. The molecule has 84 valence electrons. The van der Waals surface area contributed by atoms with Gasteiger partial charge in [-0.2, -0.15) is 0 Å². The zero-order valence-electron chi connectivity index (χ0n) is 8.92. The van der Waals surface area contributed by atoms with Crippen LogP contribution >= 0.6 is 15.9 Å². The van der Waals surface area contributed by atoms with Crippen LogP contribution in [-0.4, -0.2) is 25.9 Å². The molecule has 15 heavy (non-hydrogen) atoms. The predicted molar refractivity (Wildman–Crippen MR) is 62.7 cm³/mol. The first-order chi connectivity index (χ1) is 7.22. The van der Waals surface area contributed by atoms with Crippen LogP contribution in [0.2, 0.25) is 0 Å². The topological polar surface area (TPSA) is 38.7 Å². The van der Waals surface area contributed by atoms with Gasteiger partial charge in [0.05, 0.1) is 14.2 Å². The van der Waals surface area contributed by atoms with E-state index in [0.717, 1.165) is 22.9 Å². The minimum atomic E-state index is 0.195. The van der Waals surface area contributed by atoms with Crippen LogP contribution in [0, 0.1) is 0 Å². The molecule has 0 aliphatic heterocycles. The molecular formula is C11H15BrO3. The first kappa shape index (κ1) is 12.3. The van der Waals surface area contributed by atoms with Crippen LogP contribution in [0.1, 0.15) is 12.0 Å². The summed E-state index contributed by atoms with van der Waals surface area (Å²) in [6.07, 6.45) is 1.56. The molecule has 0 aromatic heterocycles. The van der Waals surface area contributed by atoms with E-state index in [-0.39, 0.29) is 6.61 Å². The normalized spacial score (nSPS) is 10.1. The average Bonchev–Trinajstić information content (AvgIpc) is 2.27. The lowest BCUT2D eigenvalue weighted by Gasteiger charge is -2.11. The molecule has 0 unspecified atom stereocenters. The highest BCUT2D eigenvalue weighted by Crippen LogP contribution is 2.33. The van der Waals surface area contributed by atoms with E-state index in [1.807, 2.05) is 12.1 Å². The lowest BCUT2D eigenvalue weighted by Crippen LogP contribution is -1.95. The van der Waals surface area contributed by atoms with Gasteiger partial charge in [0, 0.05) is 11.1 Å². The van der Waals surface area contributed by atoms with Crippen molar-refractivity contribution < 1.29 is 14.6 Å². The smallest absolute Gasteiger partial charge is 0.161 e. The van der Waals surface area contributed by atoms with E-state index in [0.29, 0.717) is 11.5 Å². The third-order valence-corrected chi connectivity index (χ3v) is 2.90. The molecular weight excluding hydrogens is 260 g/mol. The monoisotopic (exact) mass is 274 g/mol. The minimum Gasteiger partial charge on any atom is -0.493 e. The quantitative estimate of drug-likeness (QED) is 0.896. The average molecular weight is 275 g/mol. The Balaban J connectivity index is 2.97. The Kier molecular flexibility index (Phi) is 4.91. The second-order valence-electron chi connectivity index (χ2n) is 3.13. The zero-order valence-corrected chi connectivity index (χ0v) is 10.5. The van der Waals surface area contributed by atoms with Crippen LogP contribution in [0.5, 0.6) is 11.5 Å². The van der Waals surface area contributed by atoms with Gasteiger partial charge >= 0.3 is 0 Å². The first-order valence-electron chi connectivity index (χ1n) is 4.74. The summed E-state index contributed by atoms with van der Waals surface area (Å²) in [4.78, 5) is 0. The molecule has 0 aliphatic rings. The second-order valence-corrected chi connectivity index (χ2v) is 3.98. The summed E-state index contributed by atoms with van der Waals surface area (Å²) in [6, 6.07) is 3.81. The van der Waals surface area contributed by atoms with Gasteiger partial charge < -0.3 is 14.6 Å². The van der Waals surface area contributed by atoms with Crippen molar-refractivity contribution in [2.45, 2.75) is 12.8 Å². The molecule has 1 aromatic carbocycles. The molecule has 1 N–H and O–H groups in total. The maximum absolute atomic E-state index is 8.77. The number of methoxy groups -OCH3 is 2. The summed E-state index contributed by atoms with van der Waals surface area (Å²) in [5.74, 6) is 1.42. The van der Waals surface area contributed by atoms with Gasteiger partial charge in [0.15, 0.2) is 11.5 Å². The maximum atomic E-state index is 8.77. The largest absolute Gasteiger partial charge is 0.493 e. The third-order valence-electron chi connectivity index (χ3n) is 2.16. The van der Waals surface area contributed by atoms with Crippen LogP contribution in [0.15, 0.2) is 16.6 Å². The number of ether oxygens (including phenoxy) is 2. The Labute approximate surface area is 98.1 Å². The molecule has 0 amide bonds. The fourth-order valence-corrected chi connectivity index (χ4v) is 1.88. The Hall–Kier alpha value is -0.740. The van der Waals surface area contributed by atoms with Crippen LogP contribution in [-0.2, 0) is 6.42 Å². The Bertz CT molecular complexity index is 326. The van der Waals surface area contributed by atoms with Crippen LogP contribution < -0.4 is 9.47 Å². The third kappa shape index (κ3) is 3.11. The van der Waals surface area contributed by atoms with Crippen molar-refractivity contribution in [1.82, 2.24) is 0 Å². The van der Waals surface area contributed by atoms with Gasteiger partial charge in [0.1, 0.15) is 0 Å². The lowest BCUT2D eigenvalue weighted by molar-refractivity contribution is 0.288. The summed E-state index contributed by atoms with van der Waals surface area (Å²) in [7, 11) is 3.22. The molecule has 0 atom stereocenters. The summed E-state index contributed by atoms with van der Waals surface area (Å²) in [5.41, 5.74) is 1.11. The maximum Gasteiger partial charge on any atom is 0.161 e. The van der Waals surface area contributed by atoms with E-state index < -0.39 is 0 Å². The lowest BCUT2D eigenvalue weighted by atomic mass is 10.1. The minimum absolute atomic E-state index is 0.195. The van der Waals surface area contributed by atoms with Gasteiger partial charge in [0.2, 0.25) is 0 Å². The standard InChI is InChI=1S/C11H15BrO3/c1-14-10-6-8(4-3-5-13)9(12)7-11(10)15-2/h6-7,13H,3-5H2,1-2H3. The van der Waals surface area contributed by atoms with Crippen molar-refractivity contribution >= 4 is 15.9 Å². The van der Waals surface area contributed by atoms with E-state index in [1.165, 1.54) is 0 Å². The molecule has 3 nitrogen and oxygen atoms in total. The number of benzene rings is 1. The summed E-state index contributed by atoms with van der Waals surface area (Å²) in [6.45, 7) is 0.195. The van der Waals surface area contributed by atoms with E-state index >= 15 is 0 Å². The molecule has 0 bridgehead atoms. The first-order valence-corrected chi connectivity index (χ1v) is 5.53. The summed E-state index contributed by atoms with van der Waals surface area (Å²) < 4.78 is 11.4.